The van der Waals surface area contributed by atoms with Crippen LogP contribution in [0, 0.1) is 0 Å². The molecule has 0 aliphatic heterocycles. The minimum atomic E-state index is -4.75. The van der Waals surface area contributed by atoms with Crippen molar-refractivity contribution in [3.63, 3.8) is 0 Å². The van der Waals surface area contributed by atoms with E-state index in [2.05, 4.69) is 4.74 Å². The van der Waals surface area contributed by atoms with Crippen LogP contribution in [0.1, 0.15) is 15.9 Å². The number of ether oxygens (including phenoxy) is 2. The van der Waals surface area contributed by atoms with Gasteiger partial charge in [-0.05, 0) is 12.1 Å². The van der Waals surface area contributed by atoms with Gasteiger partial charge in [-0.1, -0.05) is 6.07 Å². The van der Waals surface area contributed by atoms with Gasteiger partial charge >= 0.3 is 12.1 Å². The third kappa shape index (κ3) is 3.10. The van der Waals surface area contributed by atoms with E-state index in [0.717, 1.165) is 12.1 Å². The second-order valence-corrected chi connectivity index (χ2v) is 3.03. The lowest BCUT2D eigenvalue weighted by atomic mass is 10.1. The SMILES string of the molecule is COCOc1cccc(C(F)(F)F)c1C(=O)O. The van der Waals surface area contributed by atoms with E-state index < -0.39 is 23.3 Å². The number of aromatic carboxylic acids is 1. The Morgan fingerprint density at radius 2 is 2.06 bits per heavy atom. The highest BCUT2D eigenvalue weighted by Crippen LogP contribution is 2.35. The van der Waals surface area contributed by atoms with Gasteiger partial charge in [-0.2, -0.15) is 13.2 Å². The molecule has 1 N–H and O–H groups in total. The van der Waals surface area contributed by atoms with Crippen molar-refractivity contribution >= 4 is 5.97 Å². The first kappa shape index (κ1) is 13.3. The van der Waals surface area contributed by atoms with Gasteiger partial charge in [0.25, 0.3) is 0 Å². The molecule has 4 nitrogen and oxygen atoms in total. The van der Waals surface area contributed by atoms with Crippen molar-refractivity contribution in [3.05, 3.63) is 29.3 Å². The van der Waals surface area contributed by atoms with Gasteiger partial charge in [-0.25, -0.2) is 4.79 Å². The molecule has 94 valence electrons. The van der Waals surface area contributed by atoms with E-state index in [1.807, 2.05) is 0 Å². The largest absolute Gasteiger partial charge is 0.478 e. The number of carbonyl (C=O) groups is 1. The van der Waals surface area contributed by atoms with Crippen LogP contribution in [0.25, 0.3) is 0 Å². The quantitative estimate of drug-likeness (QED) is 0.833. The number of carboxylic acids is 1. The average molecular weight is 250 g/mol. The Morgan fingerprint density at radius 1 is 1.41 bits per heavy atom. The van der Waals surface area contributed by atoms with Gasteiger partial charge in [-0.15, -0.1) is 0 Å². The highest BCUT2D eigenvalue weighted by Gasteiger charge is 2.37. The molecule has 0 radical (unpaired) electrons. The van der Waals surface area contributed by atoms with Crippen LogP contribution in [0.15, 0.2) is 18.2 Å². The maximum absolute atomic E-state index is 12.6. The van der Waals surface area contributed by atoms with Crippen molar-refractivity contribution in [1.29, 1.82) is 0 Å². The number of rotatable bonds is 4. The molecule has 0 bridgehead atoms. The van der Waals surface area contributed by atoms with Gasteiger partial charge in [0.2, 0.25) is 0 Å². The molecule has 0 atom stereocenters. The van der Waals surface area contributed by atoms with E-state index in [-0.39, 0.29) is 12.5 Å². The summed E-state index contributed by atoms with van der Waals surface area (Å²) in [6.45, 7) is -0.332. The molecule has 0 aliphatic carbocycles. The monoisotopic (exact) mass is 250 g/mol. The lowest BCUT2D eigenvalue weighted by Gasteiger charge is -2.14. The van der Waals surface area contributed by atoms with Crippen LogP contribution in [-0.2, 0) is 10.9 Å². The van der Waals surface area contributed by atoms with E-state index >= 15 is 0 Å². The summed E-state index contributed by atoms with van der Waals surface area (Å²) in [5.74, 6) is -2.08. The first-order valence-corrected chi connectivity index (χ1v) is 4.43. The highest BCUT2D eigenvalue weighted by molar-refractivity contribution is 5.92. The summed E-state index contributed by atoms with van der Waals surface area (Å²) >= 11 is 0. The maximum Gasteiger partial charge on any atom is 0.417 e. The zero-order valence-electron chi connectivity index (χ0n) is 8.75. The molecule has 1 aromatic rings. The molecular weight excluding hydrogens is 241 g/mol. The number of methoxy groups -OCH3 is 1. The number of alkyl halides is 3. The van der Waals surface area contributed by atoms with E-state index in [9.17, 15) is 18.0 Å². The molecular formula is C10H9F3O4. The first-order valence-electron chi connectivity index (χ1n) is 4.43. The van der Waals surface area contributed by atoms with Crippen LogP contribution >= 0.6 is 0 Å². The van der Waals surface area contributed by atoms with Gasteiger partial charge in [0, 0.05) is 7.11 Å². The van der Waals surface area contributed by atoms with E-state index in [0.29, 0.717) is 6.07 Å². The Morgan fingerprint density at radius 3 is 2.53 bits per heavy atom. The van der Waals surface area contributed by atoms with E-state index in [4.69, 9.17) is 9.84 Å². The number of benzene rings is 1. The zero-order valence-corrected chi connectivity index (χ0v) is 8.75. The van der Waals surface area contributed by atoms with Crippen molar-refractivity contribution in [3.8, 4) is 5.75 Å². The Bertz CT molecular complexity index is 415. The Balaban J connectivity index is 3.27. The van der Waals surface area contributed by atoms with Gasteiger partial charge in [-0.3, -0.25) is 0 Å². The lowest BCUT2D eigenvalue weighted by Crippen LogP contribution is -2.15. The predicted molar refractivity (Wildman–Crippen MR) is 50.9 cm³/mol. The van der Waals surface area contributed by atoms with Crippen molar-refractivity contribution in [2.45, 2.75) is 6.18 Å². The summed E-state index contributed by atoms with van der Waals surface area (Å²) in [6.07, 6.45) is -4.75. The van der Waals surface area contributed by atoms with Gasteiger partial charge < -0.3 is 14.6 Å². The summed E-state index contributed by atoms with van der Waals surface area (Å²) in [5, 5.41) is 8.79. The minimum Gasteiger partial charge on any atom is -0.478 e. The first-order chi connectivity index (χ1) is 7.88. The molecule has 0 saturated carbocycles. The van der Waals surface area contributed by atoms with Crippen LogP contribution in [0.5, 0.6) is 5.75 Å². The molecule has 0 amide bonds. The Labute approximate surface area is 94.6 Å². The molecule has 17 heavy (non-hydrogen) atoms. The summed E-state index contributed by atoms with van der Waals surface area (Å²) in [4.78, 5) is 10.8. The fourth-order valence-electron chi connectivity index (χ4n) is 1.23. The van der Waals surface area contributed by atoms with Crippen LogP contribution in [0.2, 0.25) is 0 Å². The Hall–Kier alpha value is -1.76. The average Bonchev–Trinajstić information content (AvgIpc) is 2.24. The van der Waals surface area contributed by atoms with Crippen molar-refractivity contribution in [1.82, 2.24) is 0 Å². The highest BCUT2D eigenvalue weighted by atomic mass is 19.4. The second kappa shape index (κ2) is 5.05. The molecule has 0 saturated heterocycles. The summed E-state index contributed by atoms with van der Waals surface area (Å²) in [6, 6.07) is 2.89. The van der Waals surface area contributed by atoms with Crippen molar-refractivity contribution in [2.75, 3.05) is 13.9 Å². The van der Waals surface area contributed by atoms with E-state index in [1.165, 1.54) is 7.11 Å². The van der Waals surface area contributed by atoms with Crippen LogP contribution in [0.4, 0.5) is 13.2 Å². The number of carboxylic acid groups (broad SMARTS) is 1. The summed E-state index contributed by atoms with van der Waals surface area (Å²) < 4.78 is 47.0. The number of hydrogen-bond donors (Lipinski definition) is 1. The molecule has 0 unspecified atom stereocenters. The van der Waals surface area contributed by atoms with Gasteiger partial charge in [0.05, 0.1) is 5.56 Å². The minimum absolute atomic E-state index is 0.332. The van der Waals surface area contributed by atoms with Crippen LogP contribution < -0.4 is 4.74 Å². The number of halogens is 3. The van der Waals surface area contributed by atoms with E-state index in [1.54, 1.807) is 0 Å². The summed E-state index contributed by atoms with van der Waals surface area (Å²) in [5.41, 5.74) is -2.17. The fourth-order valence-corrected chi connectivity index (χ4v) is 1.23. The molecule has 0 aromatic heterocycles. The predicted octanol–water partition coefficient (Wildman–Crippen LogP) is 2.39. The topological polar surface area (TPSA) is 55.8 Å². The standard InChI is InChI=1S/C10H9F3O4/c1-16-5-17-7-4-2-3-6(10(11,12)13)8(7)9(14)15/h2-4H,5H2,1H3,(H,14,15). The molecule has 0 fully saturated rings. The smallest absolute Gasteiger partial charge is 0.417 e. The van der Waals surface area contributed by atoms with Crippen molar-refractivity contribution in [2.24, 2.45) is 0 Å². The molecule has 0 spiro atoms. The van der Waals surface area contributed by atoms with Crippen LogP contribution in [0.3, 0.4) is 0 Å². The fraction of sp³-hybridized carbons (Fsp3) is 0.300. The molecule has 1 rings (SSSR count). The molecule has 0 aliphatic rings. The third-order valence-electron chi connectivity index (χ3n) is 1.88. The molecule has 1 aromatic carbocycles. The van der Waals surface area contributed by atoms with Gasteiger partial charge in [0.1, 0.15) is 11.3 Å². The second-order valence-electron chi connectivity index (χ2n) is 3.03. The normalized spacial score (nSPS) is 11.3. The Kier molecular flexibility index (Phi) is 3.95. The number of hydrogen-bond acceptors (Lipinski definition) is 3. The van der Waals surface area contributed by atoms with Crippen LogP contribution in [-0.4, -0.2) is 25.0 Å². The molecule has 0 heterocycles. The maximum atomic E-state index is 12.6. The lowest BCUT2D eigenvalue weighted by molar-refractivity contribution is -0.138. The van der Waals surface area contributed by atoms with Gasteiger partial charge in [0.15, 0.2) is 6.79 Å². The summed E-state index contributed by atoms with van der Waals surface area (Å²) in [7, 11) is 1.27. The van der Waals surface area contributed by atoms with Crippen molar-refractivity contribution < 1.29 is 32.5 Å². The zero-order chi connectivity index (χ0) is 13.1. The third-order valence-corrected chi connectivity index (χ3v) is 1.88. The molecule has 7 heteroatoms.